The van der Waals surface area contributed by atoms with Crippen LogP contribution in [0.15, 0.2) is 16.6 Å². The smallest absolute Gasteiger partial charge is 0.128 e. The van der Waals surface area contributed by atoms with Gasteiger partial charge in [-0.05, 0) is 60.7 Å². The molecule has 1 atom stereocenters. The van der Waals surface area contributed by atoms with Gasteiger partial charge in [-0.15, -0.1) is 0 Å². The second kappa shape index (κ2) is 5.36. The van der Waals surface area contributed by atoms with Gasteiger partial charge < -0.3 is 10.0 Å². The molecule has 1 aromatic heterocycles. The normalized spacial score (nSPS) is 19.4. The van der Waals surface area contributed by atoms with Gasteiger partial charge in [0.15, 0.2) is 0 Å². The molecule has 2 heterocycles. The molecule has 4 heteroatoms. The Bertz CT molecular complexity index is 387. The van der Waals surface area contributed by atoms with E-state index in [9.17, 15) is 5.11 Å². The van der Waals surface area contributed by atoms with Crippen molar-refractivity contribution in [3.63, 3.8) is 0 Å². The topological polar surface area (TPSA) is 36.4 Å². The van der Waals surface area contributed by atoms with Gasteiger partial charge in [-0.3, -0.25) is 0 Å². The third kappa shape index (κ3) is 2.99. The molecule has 1 aliphatic heterocycles. The number of rotatable bonds is 2. The Balaban J connectivity index is 2.03. The number of piperidine rings is 1. The van der Waals surface area contributed by atoms with Crippen molar-refractivity contribution >= 4 is 21.7 Å². The molecule has 2 rings (SSSR count). The minimum atomic E-state index is -0.184. The monoisotopic (exact) mass is 298 g/mol. The van der Waals surface area contributed by atoms with E-state index in [-0.39, 0.29) is 6.10 Å². The van der Waals surface area contributed by atoms with Crippen molar-refractivity contribution in [2.75, 3.05) is 18.0 Å². The Morgan fingerprint density at radius 3 is 2.59 bits per heavy atom. The Hall–Kier alpha value is -0.610. The molecule has 1 aliphatic rings. The van der Waals surface area contributed by atoms with Crippen LogP contribution in [-0.4, -0.2) is 29.3 Å². The summed E-state index contributed by atoms with van der Waals surface area (Å²) in [5, 5.41) is 9.57. The van der Waals surface area contributed by atoms with Crippen LogP contribution in [0.5, 0.6) is 0 Å². The molecule has 0 aliphatic carbocycles. The Morgan fingerprint density at radius 1 is 1.41 bits per heavy atom. The first-order chi connectivity index (χ1) is 8.08. The number of aryl methyl sites for hydroxylation is 1. The zero-order chi connectivity index (χ0) is 12.4. The maximum absolute atomic E-state index is 9.57. The fraction of sp³-hybridized carbons (Fsp3) is 0.615. The molecule has 1 aromatic rings. The molecule has 94 valence electrons. The Morgan fingerprint density at radius 2 is 2.06 bits per heavy atom. The van der Waals surface area contributed by atoms with Crippen LogP contribution in [0.1, 0.15) is 25.5 Å². The van der Waals surface area contributed by atoms with Crippen molar-refractivity contribution in [1.29, 1.82) is 0 Å². The van der Waals surface area contributed by atoms with E-state index in [2.05, 4.69) is 37.9 Å². The highest BCUT2D eigenvalue weighted by Gasteiger charge is 2.23. The van der Waals surface area contributed by atoms with E-state index < -0.39 is 0 Å². The van der Waals surface area contributed by atoms with Crippen molar-refractivity contribution < 1.29 is 5.11 Å². The lowest BCUT2D eigenvalue weighted by atomic mass is 9.92. The van der Waals surface area contributed by atoms with Crippen molar-refractivity contribution in [2.45, 2.75) is 32.8 Å². The third-order valence-electron chi connectivity index (χ3n) is 3.55. The highest BCUT2D eigenvalue weighted by atomic mass is 79.9. The van der Waals surface area contributed by atoms with Gasteiger partial charge in [0.25, 0.3) is 0 Å². The number of nitrogens with zero attached hydrogens (tertiary/aromatic N) is 2. The number of hydrogen-bond acceptors (Lipinski definition) is 3. The summed E-state index contributed by atoms with van der Waals surface area (Å²) in [6.45, 7) is 5.88. The van der Waals surface area contributed by atoms with Gasteiger partial charge in [0.05, 0.1) is 11.8 Å². The van der Waals surface area contributed by atoms with Gasteiger partial charge in [0.1, 0.15) is 5.82 Å². The zero-order valence-corrected chi connectivity index (χ0v) is 11.9. The molecule has 1 fully saturated rings. The fourth-order valence-electron chi connectivity index (χ4n) is 2.32. The first-order valence-electron chi connectivity index (χ1n) is 6.14. The Kier molecular flexibility index (Phi) is 4.05. The van der Waals surface area contributed by atoms with E-state index in [0.717, 1.165) is 41.9 Å². The first-order valence-corrected chi connectivity index (χ1v) is 6.93. The highest BCUT2D eigenvalue weighted by molar-refractivity contribution is 9.10. The summed E-state index contributed by atoms with van der Waals surface area (Å²) >= 11 is 3.47. The summed E-state index contributed by atoms with van der Waals surface area (Å²) in [7, 11) is 0. The van der Waals surface area contributed by atoms with Crippen LogP contribution >= 0.6 is 15.9 Å². The van der Waals surface area contributed by atoms with Crippen LogP contribution in [0.4, 0.5) is 5.82 Å². The molecule has 1 unspecified atom stereocenters. The Labute approximate surface area is 111 Å². The van der Waals surface area contributed by atoms with Crippen molar-refractivity contribution in [3.8, 4) is 0 Å². The van der Waals surface area contributed by atoms with E-state index in [0.29, 0.717) is 5.92 Å². The van der Waals surface area contributed by atoms with Crippen LogP contribution in [-0.2, 0) is 0 Å². The van der Waals surface area contributed by atoms with Gasteiger partial charge in [0, 0.05) is 17.6 Å². The molecular formula is C13H19BrN2O. The molecule has 0 aromatic carbocycles. The van der Waals surface area contributed by atoms with Gasteiger partial charge in [-0.2, -0.15) is 0 Å². The quantitative estimate of drug-likeness (QED) is 0.912. The van der Waals surface area contributed by atoms with Gasteiger partial charge in [-0.1, -0.05) is 0 Å². The minimum absolute atomic E-state index is 0.184. The molecule has 1 saturated heterocycles. The van der Waals surface area contributed by atoms with Gasteiger partial charge in [0.2, 0.25) is 0 Å². The van der Waals surface area contributed by atoms with E-state index >= 15 is 0 Å². The standard InChI is InChI=1S/C13H19BrN2O/c1-9-12(14)3-4-13(15-9)16-7-5-11(6-8-16)10(2)17/h3-4,10-11,17H,5-8H2,1-2H3. The van der Waals surface area contributed by atoms with Crippen LogP contribution < -0.4 is 4.90 Å². The van der Waals surface area contributed by atoms with E-state index in [1.54, 1.807) is 0 Å². The second-order valence-electron chi connectivity index (χ2n) is 4.80. The van der Waals surface area contributed by atoms with E-state index in [1.807, 2.05) is 13.8 Å². The van der Waals surface area contributed by atoms with Crippen molar-refractivity contribution in [2.24, 2.45) is 5.92 Å². The summed E-state index contributed by atoms with van der Waals surface area (Å²) in [6, 6.07) is 4.11. The van der Waals surface area contributed by atoms with Crippen molar-refractivity contribution in [3.05, 3.63) is 22.3 Å². The average Bonchev–Trinajstić information content (AvgIpc) is 2.33. The minimum Gasteiger partial charge on any atom is -0.393 e. The predicted molar refractivity (Wildman–Crippen MR) is 73.3 cm³/mol. The fourth-order valence-corrected chi connectivity index (χ4v) is 2.54. The van der Waals surface area contributed by atoms with Crippen LogP contribution in [0.2, 0.25) is 0 Å². The highest BCUT2D eigenvalue weighted by Crippen LogP contribution is 2.25. The molecule has 0 radical (unpaired) electrons. The number of aliphatic hydroxyl groups is 1. The van der Waals surface area contributed by atoms with Gasteiger partial charge in [-0.25, -0.2) is 4.98 Å². The number of aromatic nitrogens is 1. The largest absolute Gasteiger partial charge is 0.393 e. The number of aliphatic hydroxyl groups excluding tert-OH is 1. The maximum Gasteiger partial charge on any atom is 0.128 e. The molecule has 0 amide bonds. The SMILES string of the molecule is Cc1nc(N2CCC(C(C)O)CC2)ccc1Br. The average molecular weight is 299 g/mol. The molecule has 17 heavy (non-hydrogen) atoms. The first kappa shape index (κ1) is 12.8. The molecule has 3 nitrogen and oxygen atoms in total. The molecule has 0 saturated carbocycles. The zero-order valence-electron chi connectivity index (χ0n) is 10.4. The van der Waals surface area contributed by atoms with Crippen LogP contribution in [0, 0.1) is 12.8 Å². The van der Waals surface area contributed by atoms with Crippen LogP contribution in [0.25, 0.3) is 0 Å². The molecule has 0 bridgehead atoms. The van der Waals surface area contributed by atoms with Crippen LogP contribution in [0.3, 0.4) is 0 Å². The number of hydrogen-bond donors (Lipinski definition) is 1. The third-order valence-corrected chi connectivity index (χ3v) is 4.39. The van der Waals surface area contributed by atoms with E-state index in [4.69, 9.17) is 0 Å². The molecule has 1 N–H and O–H groups in total. The molecule has 0 spiro atoms. The second-order valence-corrected chi connectivity index (χ2v) is 5.66. The summed E-state index contributed by atoms with van der Waals surface area (Å²) in [4.78, 5) is 6.89. The lowest BCUT2D eigenvalue weighted by Gasteiger charge is -2.34. The lowest BCUT2D eigenvalue weighted by molar-refractivity contribution is 0.110. The number of pyridine rings is 1. The lowest BCUT2D eigenvalue weighted by Crippen LogP contribution is -2.37. The summed E-state index contributed by atoms with van der Waals surface area (Å²) in [5.41, 5.74) is 1.03. The number of halogens is 1. The summed E-state index contributed by atoms with van der Waals surface area (Å²) < 4.78 is 1.06. The van der Waals surface area contributed by atoms with Crippen molar-refractivity contribution in [1.82, 2.24) is 4.98 Å². The summed E-state index contributed by atoms with van der Waals surface area (Å²) in [6.07, 6.45) is 1.92. The number of anilines is 1. The molecular weight excluding hydrogens is 280 g/mol. The van der Waals surface area contributed by atoms with Gasteiger partial charge >= 0.3 is 0 Å². The predicted octanol–water partition coefficient (Wildman–Crippen LogP) is 2.75. The van der Waals surface area contributed by atoms with E-state index in [1.165, 1.54) is 0 Å². The maximum atomic E-state index is 9.57. The summed E-state index contributed by atoms with van der Waals surface area (Å²) in [5.74, 6) is 1.50.